The maximum Gasteiger partial charge on any atom is 0.270 e. The average molecular weight is 305 g/mol. The molecule has 0 saturated heterocycles. The van der Waals surface area contributed by atoms with Crippen LogP contribution in [0.25, 0.3) is 0 Å². The molecule has 4 nitrogen and oxygen atoms in total. The predicted octanol–water partition coefficient (Wildman–Crippen LogP) is 2.76. The van der Waals surface area contributed by atoms with Crippen LogP contribution in [-0.4, -0.2) is 22.6 Å². The topological polar surface area (TPSA) is 62.2 Å². The van der Waals surface area contributed by atoms with Crippen LogP contribution in [0, 0.1) is 0 Å². The Morgan fingerprint density at radius 3 is 2.57 bits per heavy atom. The van der Waals surface area contributed by atoms with E-state index in [0.717, 1.165) is 12.0 Å². The normalized spacial score (nSPS) is 12.0. The van der Waals surface area contributed by atoms with Crippen molar-refractivity contribution in [2.75, 3.05) is 6.61 Å². The number of halogens is 1. The number of aliphatic hydroxyl groups is 1. The lowest BCUT2D eigenvalue weighted by Gasteiger charge is -2.17. The van der Waals surface area contributed by atoms with Gasteiger partial charge in [-0.3, -0.25) is 4.79 Å². The van der Waals surface area contributed by atoms with Crippen molar-refractivity contribution >= 4 is 17.5 Å². The second-order valence-corrected chi connectivity index (χ2v) is 5.04. The summed E-state index contributed by atoms with van der Waals surface area (Å²) in [6, 6.07) is 12.2. The molecule has 0 fully saturated rings. The molecule has 0 aliphatic carbocycles. The lowest BCUT2D eigenvalue weighted by atomic mass is 10.0. The van der Waals surface area contributed by atoms with E-state index in [-0.39, 0.29) is 23.4 Å². The number of nitrogens with zero attached hydrogens (tertiary/aromatic N) is 1. The molecular weight excluding hydrogens is 288 g/mol. The molecule has 0 aliphatic rings. The van der Waals surface area contributed by atoms with Crippen molar-refractivity contribution in [1.29, 1.82) is 0 Å². The third kappa shape index (κ3) is 4.03. The van der Waals surface area contributed by atoms with Gasteiger partial charge in [-0.05, 0) is 29.7 Å². The summed E-state index contributed by atoms with van der Waals surface area (Å²) >= 11 is 5.77. The monoisotopic (exact) mass is 304 g/mol. The number of aromatic nitrogens is 1. The van der Waals surface area contributed by atoms with E-state index in [0.29, 0.717) is 0 Å². The Morgan fingerprint density at radius 1 is 1.29 bits per heavy atom. The van der Waals surface area contributed by atoms with E-state index in [1.807, 2.05) is 24.3 Å². The third-order valence-electron chi connectivity index (χ3n) is 3.23. The molecule has 0 spiro atoms. The molecule has 1 unspecified atom stereocenters. The number of nitrogens with one attached hydrogen (secondary N) is 1. The highest BCUT2D eigenvalue weighted by atomic mass is 35.5. The van der Waals surface area contributed by atoms with Crippen LogP contribution in [0.2, 0.25) is 5.15 Å². The van der Waals surface area contributed by atoms with Crippen molar-refractivity contribution in [1.82, 2.24) is 10.3 Å². The molecule has 5 heteroatoms. The zero-order valence-corrected chi connectivity index (χ0v) is 12.5. The molecule has 2 aromatic rings. The third-order valence-corrected chi connectivity index (χ3v) is 3.44. The Bertz CT molecular complexity index is 614. The van der Waals surface area contributed by atoms with Crippen molar-refractivity contribution in [2.45, 2.75) is 19.4 Å². The average Bonchev–Trinajstić information content (AvgIpc) is 2.52. The molecule has 0 radical (unpaired) electrons. The van der Waals surface area contributed by atoms with Crippen molar-refractivity contribution in [3.8, 4) is 0 Å². The molecule has 1 heterocycles. The highest BCUT2D eigenvalue weighted by Crippen LogP contribution is 2.15. The van der Waals surface area contributed by atoms with Gasteiger partial charge in [0.25, 0.3) is 5.91 Å². The SMILES string of the molecule is CCc1ccc(C(CO)NC(=O)c2cccc(Cl)n2)cc1. The Hall–Kier alpha value is -1.91. The smallest absolute Gasteiger partial charge is 0.270 e. The second kappa shape index (κ2) is 7.20. The summed E-state index contributed by atoms with van der Waals surface area (Å²) in [6.45, 7) is 1.89. The van der Waals surface area contributed by atoms with E-state index in [1.54, 1.807) is 18.2 Å². The van der Waals surface area contributed by atoms with E-state index in [9.17, 15) is 9.90 Å². The van der Waals surface area contributed by atoms with Crippen LogP contribution in [0.5, 0.6) is 0 Å². The number of aliphatic hydroxyl groups excluding tert-OH is 1. The molecule has 110 valence electrons. The summed E-state index contributed by atoms with van der Waals surface area (Å²) in [6.07, 6.45) is 0.947. The van der Waals surface area contributed by atoms with Crippen molar-refractivity contribution < 1.29 is 9.90 Å². The summed E-state index contributed by atoms with van der Waals surface area (Å²) in [4.78, 5) is 16.1. The van der Waals surface area contributed by atoms with Crippen molar-refractivity contribution in [3.63, 3.8) is 0 Å². The molecule has 1 aromatic heterocycles. The van der Waals surface area contributed by atoms with E-state index in [4.69, 9.17) is 11.6 Å². The number of benzene rings is 1. The number of hydrogen-bond acceptors (Lipinski definition) is 3. The highest BCUT2D eigenvalue weighted by molar-refractivity contribution is 6.29. The number of rotatable bonds is 5. The highest BCUT2D eigenvalue weighted by Gasteiger charge is 2.16. The van der Waals surface area contributed by atoms with E-state index in [1.165, 1.54) is 5.56 Å². The number of amides is 1. The largest absolute Gasteiger partial charge is 0.394 e. The van der Waals surface area contributed by atoms with Gasteiger partial charge in [0.05, 0.1) is 12.6 Å². The van der Waals surface area contributed by atoms with Crippen LogP contribution < -0.4 is 5.32 Å². The van der Waals surface area contributed by atoms with E-state index < -0.39 is 6.04 Å². The van der Waals surface area contributed by atoms with Crippen LogP contribution in [-0.2, 0) is 6.42 Å². The summed E-state index contributed by atoms with van der Waals surface area (Å²) in [5.74, 6) is -0.365. The zero-order valence-electron chi connectivity index (χ0n) is 11.7. The first kappa shape index (κ1) is 15.5. The first-order valence-electron chi connectivity index (χ1n) is 6.77. The minimum atomic E-state index is -0.468. The minimum absolute atomic E-state index is 0.183. The van der Waals surface area contributed by atoms with Crippen LogP contribution in [0.1, 0.15) is 34.6 Å². The molecule has 0 bridgehead atoms. The summed E-state index contributed by atoms with van der Waals surface area (Å²) in [5.41, 5.74) is 2.29. The summed E-state index contributed by atoms with van der Waals surface area (Å²) in [7, 11) is 0. The molecule has 0 aliphatic heterocycles. The van der Waals surface area contributed by atoms with E-state index in [2.05, 4.69) is 17.2 Å². The standard InChI is InChI=1S/C16H17ClN2O2/c1-2-11-6-8-12(9-7-11)14(10-20)19-16(21)13-4-3-5-15(17)18-13/h3-9,14,20H,2,10H2,1H3,(H,19,21). The summed E-state index contributed by atoms with van der Waals surface area (Å²) < 4.78 is 0. The van der Waals surface area contributed by atoms with Gasteiger partial charge in [-0.15, -0.1) is 0 Å². The predicted molar refractivity (Wildman–Crippen MR) is 82.4 cm³/mol. The lowest BCUT2D eigenvalue weighted by molar-refractivity contribution is 0.0911. The van der Waals surface area contributed by atoms with Crippen LogP contribution in [0.3, 0.4) is 0 Å². The fourth-order valence-corrected chi connectivity index (χ4v) is 2.15. The number of aryl methyl sites for hydroxylation is 1. The number of carbonyl (C=O) groups excluding carboxylic acids is 1. The Morgan fingerprint density at radius 2 is 2.00 bits per heavy atom. The molecule has 2 rings (SSSR count). The van der Waals surface area contributed by atoms with Gasteiger partial charge in [0.15, 0.2) is 0 Å². The Balaban J connectivity index is 2.12. The quantitative estimate of drug-likeness (QED) is 0.835. The molecule has 1 amide bonds. The van der Waals surface area contributed by atoms with E-state index >= 15 is 0 Å². The van der Waals surface area contributed by atoms with Crippen molar-refractivity contribution in [2.24, 2.45) is 0 Å². The van der Waals surface area contributed by atoms with Gasteiger partial charge in [-0.1, -0.05) is 48.9 Å². The van der Waals surface area contributed by atoms with Crippen LogP contribution in [0.15, 0.2) is 42.5 Å². The van der Waals surface area contributed by atoms with Gasteiger partial charge >= 0.3 is 0 Å². The lowest BCUT2D eigenvalue weighted by Crippen LogP contribution is -2.31. The molecule has 21 heavy (non-hydrogen) atoms. The zero-order chi connectivity index (χ0) is 15.2. The molecule has 1 atom stereocenters. The fourth-order valence-electron chi connectivity index (χ4n) is 1.99. The van der Waals surface area contributed by atoms with Gasteiger partial charge in [0.2, 0.25) is 0 Å². The summed E-state index contributed by atoms with van der Waals surface area (Å²) in [5, 5.41) is 12.5. The van der Waals surface area contributed by atoms with Crippen molar-refractivity contribution in [3.05, 3.63) is 64.4 Å². The first-order valence-corrected chi connectivity index (χ1v) is 7.15. The maximum absolute atomic E-state index is 12.1. The number of hydrogen-bond donors (Lipinski definition) is 2. The second-order valence-electron chi connectivity index (χ2n) is 4.65. The van der Waals surface area contributed by atoms with Gasteiger partial charge in [-0.25, -0.2) is 4.98 Å². The van der Waals surface area contributed by atoms with Crippen LogP contribution in [0.4, 0.5) is 0 Å². The van der Waals surface area contributed by atoms with Gasteiger partial charge in [0, 0.05) is 0 Å². The Kier molecular flexibility index (Phi) is 5.31. The number of carbonyl (C=O) groups is 1. The Labute approximate surface area is 128 Å². The fraction of sp³-hybridized carbons (Fsp3) is 0.250. The van der Waals surface area contributed by atoms with Gasteiger partial charge in [0.1, 0.15) is 10.8 Å². The van der Waals surface area contributed by atoms with Crippen LogP contribution >= 0.6 is 11.6 Å². The number of pyridine rings is 1. The van der Waals surface area contributed by atoms with Gasteiger partial charge in [-0.2, -0.15) is 0 Å². The molecule has 1 aromatic carbocycles. The molecule has 2 N–H and O–H groups in total. The minimum Gasteiger partial charge on any atom is -0.394 e. The molecular formula is C16H17ClN2O2. The first-order chi connectivity index (χ1) is 10.1. The maximum atomic E-state index is 12.1. The van der Waals surface area contributed by atoms with Gasteiger partial charge < -0.3 is 10.4 Å². The molecule has 0 saturated carbocycles.